The number of anilines is 1. The standard InChI is InChI=1S/C13H13N3O2/c14-9-7-15-13(16-8-9)18-12-5-1-4-11-10(12)3-2-6-17-11/h1,4-5,7-8H,2-3,6,14H2. The lowest BCUT2D eigenvalue weighted by atomic mass is 10.1. The van der Waals surface area contributed by atoms with E-state index in [4.69, 9.17) is 15.2 Å². The molecular weight excluding hydrogens is 230 g/mol. The van der Waals surface area contributed by atoms with Gasteiger partial charge in [0.2, 0.25) is 0 Å². The highest BCUT2D eigenvalue weighted by atomic mass is 16.5. The van der Waals surface area contributed by atoms with Crippen LogP contribution in [0.3, 0.4) is 0 Å². The predicted molar refractivity (Wildman–Crippen MR) is 66.8 cm³/mol. The highest BCUT2D eigenvalue weighted by Crippen LogP contribution is 2.34. The van der Waals surface area contributed by atoms with E-state index in [2.05, 4.69) is 9.97 Å². The highest BCUT2D eigenvalue weighted by molar-refractivity contribution is 5.46. The Morgan fingerprint density at radius 2 is 2.06 bits per heavy atom. The van der Waals surface area contributed by atoms with Crippen molar-refractivity contribution in [3.8, 4) is 17.5 Å². The van der Waals surface area contributed by atoms with Crippen molar-refractivity contribution in [1.82, 2.24) is 9.97 Å². The van der Waals surface area contributed by atoms with E-state index in [1.165, 1.54) is 12.4 Å². The Hall–Kier alpha value is -2.30. The first-order valence-electron chi connectivity index (χ1n) is 5.83. The number of nitrogens with two attached hydrogens (primary N) is 1. The average Bonchev–Trinajstić information content (AvgIpc) is 2.42. The van der Waals surface area contributed by atoms with Crippen LogP contribution in [0.25, 0.3) is 0 Å². The second-order valence-corrected chi connectivity index (χ2v) is 4.09. The van der Waals surface area contributed by atoms with E-state index in [1.807, 2.05) is 18.2 Å². The van der Waals surface area contributed by atoms with Crippen molar-refractivity contribution >= 4 is 5.69 Å². The summed E-state index contributed by atoms with van der Waals surface area (Å²) >= 11 is 0. The minimum absolute atomic E-state index is 0.295. The number of ether oxygens (including phenoxy) is 2. The zero-order chi connectivity index (χ0) is 12.4. The molecule has 0 fully saturated rings. The summed E-state index contributed by atoms with van der Waals surface area (Å²) in [5.74, 6) is 1.63. The number of aromatic nitrogens is 2. The quantitative estimate of drug-likeness (QED) is 0.875. The van der Waals surface area contributed by atoms with Crippen LogP contribution in [0.4, 0.5) is 5.69 Å². The Balaban J connectivity index is 1.90. The molecule has 2 aromatic rings. The summed E-state index contributed by atoms with van der Waals surface area (Å²) in [4.78, 5) is 8.05. The van der Waals surface area contributed by atoms with Crippen molar-refractivity contribution in [2.24, 2.45) is 0 Å². The smallest absolute Gasteiger partial charge is 0.322 e. The van der Waals surface area contributed by atoms with Crippen LogP contribution in [0.1, 0.15) is 12.0 Å². The van der Waals surface area contributed by atoms with E-state index in [1.54, 1.807) is 0 Å². The SMILES string of the molecule is Nc1cnc(Oc2cccc3c2CCCO3)nc1. The zero-order valence-corrected chi connectivity index (χ0v) is 9.80. The first-order valence-corrected chi connectivity index (χ1v) is 5.83. The fourth-order valence-corrected chi connectivity index (χ4v) is 1.93. The van der Waals surface area contributed by atoms with Gasteiger partial charge in [0.25, 0.3) is 0 Å². The van der Waals surface area contributed by atoms with Gasteiger partial charge >= 0.3 is 6.01 Å². The molecule has 5 heteroatoms. The van der Waals surface area contributed by atoms with Gasteiger partial charge in [0.1, 0.15) is 11.5 Å². The van der Waals surface area contributed by atoms with Crippen LogP contribution in [-0.4, -0.2) is 16.6 Å². The molecule has 0 aliphatic carbocycles. The van der Waals surface area contributed by atoms with Crippen molar-refractivity contribution in [2.45, 2.75) is 12.8 Å². The summed E-state index contributed by atoms with van der Waals surface area (Å²) < 4.78 is 11.3. The summed E-state index contributed by atoms with van der Waals surface area (Å²) in [5.41, 5.74) is 7.12. The van der Waals surface area contributed by atoms with Gasteiger partial charge in [-0.1, -0.05) is 6.07 Å². The Bertz CT molecular complexity index is 555. The molecule has 0 spiro atoms. The molecule has 0 amide bonds. The van der Waals surface area contributed by atoms with Gasteiger partial charge in [0, 0.05) is 5.56 Å². The fraction of sp³-hybridized carbons (Fsp3) is 0.231. The van der Waals surface area contributed by atoms with Crippen LogP contribution in [0.2, 0.25) is 0 Å². The van der Waals surface area contributed by atoms with E-state index in [0.29, 0.717) is 11.7 Å². The van der Waals surface area contributed by atoms with Gasteiger partial charge in [-0.15, -0.1) is 0 Å². The molecule has 0 atom stereocenters. The van der Waals surface area contributed by atoms with Crippen LogP contribution in [0.5, 0.6) is 17.5 Å². The Labute approximate surface area is 105 Å². The molecule has 2 N–H and O–H groups in total. The topological polar surface area (TPSA) is 70.3 Å². The minimum Gasteiger partial charge on any atom is -0.493 e. The summed E-state index contributed by atoms with van der Waals surface area (Å²) in [5, 5.41) is 0. The summed E-state index contributed by atoms with van der Waals surface area (Å²) in [6.07, 6.45) is 4.99. The number of rotatable bonds is 2. The molecule has 1 aliphatic heterocycles. The van der Waals surface area contributed by atoms with Gasteiger partial charge in [0.15, 0.2) is 0 Å². The molecule has 1 aromatic carbocycles. The molecule has 3 rings (SSSR count). The molecule has 1 aliphatic rings. The number of fused-ring (bicyclic) bond motifs is 1. The van der Waals surface area contributed by atoms with Crippen molar-refractivity contribution in [1.29, 1.82) is 0 Å². The maximum Gasteiger partial charge on any atom is 0.322 e. The number of benzene rings is 1. The molecule has 5 nitrogen and oxygen atoms in total. The highest BCUT2D eigenvalue weighted by Gasteiger charge is 2.16. The lowest BCUT2D eigenvalue weighted by Crippen LogP contribution is -2.09. The van der Waals surface area contributed by atoms with E-state index in [9.17, 15) is 0 Å². The third-order valence-electron chi connectivity index (χ3n) is 2.77. The van der Waals surface area contributed by atoms with Crippen molar-refractivity contribution in [3.63, 3.8) is 0 Å². The molecule has 0 saturated heterocycles. The monoisotopic (exact) mass is 243 g/mol. The Kier molecular flexibility index (Phi) is 2.72. The van der Waals surface area contributed by atoms with E-state index in [0.717, 1.165) is 36.5 Å². The number of hydrogen-bond donors (Lipinski definition) is 1. The summed E-state index contributed by atoms with van der Waals surface area (Å²) in [7, 11) is 0. The molecule has 0 bridgehead atoms. The molecule has 92 valence electrons. The molecule has 0 saturated carbocycles. The molecule has 0 unspecified atom stereocenters. The molecular formula is C13H13N3O2. The van der Waals surface area contributed by atoms with Crippen LogP contribution in [-0.2, 0) is 6.42 Å². The molecule has 18 heavy (non-hydrogen) atoms. The maximum atomic E-state index is 5.67. The van der Waals surface area contributed by atoms with E-state index < -0.39 is 0 Å². The van der Waals surface area contributed by atoms with Gasteiger partial charge in [-0.3, -0.25) is 0 Å². The van der Waals surface area contributed by atoms with Crippen LogP contribution in [0, 0.1) is 0 Å². The number of nitrogens with zero attached hydrogens (tertiary/aromatic N) is 2. The average molecular weight is 243 g/mol. The van der Waals surface area contributed by atoms with Gasteiger partial charge in [-0.05, 0) is 25.0 Å². The maximum absolute atomic E-state index is 5.67. The van der Waals surface area contributed by atoms with Gasteiger partial charge in [-0.2, -0.15) is 0 Å². The van der Waals surface area contributed by atoms with E-state index in [-0.39, 0.29) is 0 Å². The van der Waals surface area contributed by atoms with Crippen molar-refractivity contribution in [2.75, 3.05) is 12.3 Å². The van der Waals surface area contributed by atoms with Gasteiger partial charge in [0.05, 0.1) is 24.7 Å². The third kappa shape index (κ3) is 2.07. The summed E-state index contributed by atoms with van der Waals surface area (Å²) in [6.45, 7) is 0.759. The predicted octanol–water partition coefficient (Wildman–Crippen LogP) is 2.18. The minimum atomic E-state index is 0.295. The number of nitrogen functional groups attached to an aromatic ring is 1. The Morgan fingerprint density at radius 1 is 1.22 bits per heavy atom. The van der Waals surface area contributed by atoms with E-state index >= 15 is 0 Å². The van der Waals surface area contributed by atoms with Gasteiger partial charge < -0.3 is 15.2 Å². The van der Waals surface area contributed by atoms with Crippen LogP contribution in [0.15, 0.2) is 30.6 Å². The molecule has 0 radical (unpaired) electrons. The second kappa shape index (κ2) is 4.52. The van der Waals surface area contributed by atoms with Crippen LogP contribution < -0.4 is 15.2 Å². The third-order valence-corrected chi connectivity index (χ3v) is 2.77. The van der Waals surface area contributed by atoms with Gasteiger partial charge in [-0.25, -0.2) is 9.97 Å². The Morgan fingerprint density at radius 3 is 2.89 bits per heavy atom. The fourth-order valence-electron chi connectivity index (χ4n) is 1.93. The van der Waals surface area contributed by atoms with Crippen molar-refractivity contribution in [3.05, 3.63) is 36.2 Å². The molecule has 1 aromatic heterocycles. The zero-order valence-electron chi connectivity index (χ0n) is 9.80. The first-order chi connectivity index (χ1) is 8.83. The summed E-state index contributed by atoms with van der Waals surface area (Å²) in [6, 6.07) is 6.04. The van der Waals surface area contributed by atoms with Crippen molar-refractivity contribution < 1.29 is 9.47 Å². The second-order valence-electron chi connectivity index (χ2n) is 4.09. The largest absolute Gasteiger partial charge is 0.493 e. The first kappa shape index (κ1) is 10.8. The lowest BCUT2D eigenvalue weighted by molar-refractivity contribution is 0.283. The normalized spacial score (nSPS) is 13.6. The molecule has 2 heterocycles. The number of hydrogen-bond acceptors (Lipinski definition) is 5. The van der Waals surface area contributed by atoms with Crippen LogP contribution >= 0.6 is 0 Å². The lowest BCUT2D eigenvalue weighted by Gasteiger charge is -2.19.